The van der Waals surface area contributed by atoms with Crippen molar-refractivity contribution >= 4 is 56.1 Å². The fourth-order valence-corrected chi connectivity index (χ4v) is 5.36. The summed E-state index contributed by atoms with van der Waals surface area (Å²) in [6.07, 6.45) is 4.13. The predicted octanol–water partition coefficient (Wildman–Crippen LogP) is 6.64. The molecule has 0 aliphatic rings. The summed E-state index contributed by atoms with van der Waals surface area (Å²) in [7, 11) is 0. The van der Waals surface area contributed by atoms with Crippen LogP contribution in [0.2, 0.25) is 0 Å². The van der Waals surface area contributed by atoms with Crippen molar-refractivity contribution in [3.63, 3.8) is 0 Å². The van der Waals surface area contributed by atoms with E-state index in [2.05, 4.69) is 49.6 Å². The van der Waals surface area contributed by atoms with Crippen LogP contribution in [0, 0.1) is 6.92 Å². The molecule has 0 saturated heterocycles. The lowest BCUT2D eigenvalue weighted by Gasteiger charge is -2.18. The number of aromatic nitrogens is 1. The van der Waals surface area contributed by atoms with Crippen LogP contribution >= 0.6 is 34.9 Å². The van der Waals surface area contributed by atoms with Crippen molar-refractivity contribution in [2.75, 3.05) is 16.9 Å². The highest BCUT2D eigenvalue weighted by Crippen LogP contribution is 2.33. The van der Waals surface area contributed by atoms with Crippen LogP contribution in [0.25, 0.3) is 10.2 Å². The summed E-state index contributed by atoms with van der Waals surface area (Å²) in [6.45, 7) is 2.46. The summed E-state index contributed by atoms with van der Waals surface area (Å²) < 4.78 is 6.59. The average Bonchev–Trinajstić information content (AvgIpc) is 3.42. The van der Waals surface area contributed by atoms with Crippen molar-refractivity contribution in [2.45, 2.75) is 29.7 Å². The van der Waals surface area contributed by atoms with Crippen molar-refractivity contribution < 1.29 is 9.21 Å². The SMILES string of the molecule is CSc1ccc2nc(N(Cc3ccco3)C(=O)CCSc3ccc(C)cc3)sc2c1. The lowest BCUT2D eigenvalue weighted by Crippen LogP contribution is -2.30. The number of carbonyl (C=O) groups excluding carboxylic acids is 1. The molecule has 0 saturated carbocycles. The zero-order valence-electron chi connectivity index (χ0n) is 16.8. The van der Waals surface area contributed by atoms with Crippen molar-refractivity contribution in [1.29, 1.82) is 0 Å². The van der Waals surface area contributed by atoms with E-state index in [-0.39, 0.29) is 5.91 Å². The summed E-state index contributed by atoms with van der Waals surface area (Å²) in [5, 5.41) is 0.713. The van der Waals surface area contributed by atoms with Crippen molar-refractivity contribution in [1.82, 2.24) is 4.98 Å². The molecular weight excluding hydrogens is 432 g/mol. The van der Waals surface area contributed by atoms with E-state index in [9.17, 15) is 4.79 Å². The first-order valence-corrected chi connectivity index (χ1v) is 12.6. The molecule has 0 fully saturated rings. The second kappa shape index (κ2) is 9.73. The van der Waals surface area contributed by atoms with Gasteiger partial charge in [-0.3, -0.25) is 9.69 Å². The molecule has 0 bridgehead atoms. The number of benzene rings is 2. The van der Waals surface area contributed by atoms with Crippen molar-refractivity contribution in [3.05, 3.63) is 72.2 Å². The minimum atomic E-state index is 0.0511. The largest absolute Gasteiger partial charge is 0.467 e. The van der Waals surface area contributed by atoms with E-state index in [4.69, 9.17) is 9.40 Å². The molecule has 7 heteroatoms. The van der Waals surface area contributed by atoms with E-state index in [1.807, 2.05) is 18.2 Å². The van der Waals surface area contributed by atoms with Gasteiger partial charge in [0.15, 0.2) is 5.13 Å². The Morgan fingerprint density at radius 1 is 1.13 bits per heavy atom. The van der Waals surface area contributed by atoms with E-state index in [1.54, 1.807) is 46.0 Å². The van der Waals surface area contributed by atoms with Crippen molar-refractivity contribution in [3.8, 4) is 0 Å². The fourth-order valence-electron chi connectivity index (χ4n) is 2.98. The van der Waals surface area contributed by atoms with Gasteiger partial charge in [0.05, 0.1) is 23.0 Å². The number of carbonyl (C=O) groups is 1. The number of hydrogen-bond donors (Lipinski definition) is 0. The number of hydrogen-bond acceptors (Lipinski definition) is 6. The molecule has 0 radical (unpaired) electrons. The smallest absolute Gasteiger partial charge is 0.230 e. The quantitative estimate of drug-likeness (QED) is 0.279. The Labute approximate surface area is 188 Å². The third kappa shape index (κ3) is 5.09. The lowest BCUT2D eigenvalue weighted by atomic mass is 10.2. The van der Waals surface area contributed by atoms with Gasteiger partial charge in [0, 0.05) is 22.0 Å². The van der Waals surface area contributed by atoms with Crippen LogP contribution in [0.15, 0.2) is 75.1 Å². The third-order valence-electron chi connectivity index (χ3n) is 4.62. The first-order chi connectivity index (χ1) is 14.6. The molecule has 0 unspecified atom stereocenters. The normalized spacial score (nSPS) is 11.1. The van der Waals surface area contributed by atoms with Crippen LogP contribution in [0.3, 0.4) is 0 Å². The van der Waals surface area contributed by atoms with Crippen LogP contribution in [-0.2, 0) is 11.3 Å². The summed E-state index contributed by atoms with van der Waals surface area (Å²) in [5.74, 6) is 1.52. The molecule has 0 spiro atoms. The molecule has 0 atom stereocenters. The number of furan rings is 1. The molecule has 30 heavy (non-hydrogen) atoms. The number of anilines is 1. The van der Waals surface area contributed by atoms with Crippen LogP contribution < -0.4 is 4.90 Å². The van der Waals surface area contributed by atoms with Gasteiger partial charge < -0.3 is 4.42 Å². The molecule has 2 aromatic heterocycles. The Morgan fingerprint density at radius 2 is 1.93 bits per heavy atom. The molecule has 154 valence electrons. The van der Waals surface area contributed by atoms with Gasteiger partial charge >= 0.3 is 0 Å². The van der Waals surface area contributed by atoms with E-state index < -0.39 is 0 Å². The summed E-state index contributed by atoms with van der Waals surface area (Å²) >= 11 is 4.95. The number of aryl methyl sites for hydroxylation is 1. The maximum Gasteiger partial charge on any atom is 0.230 e. The first-order valence-electron chi connectivity index (χ1n) is 9.59. The first kappa shape index (κ1) is 21.0. The molecule has 4 rings (SSSR count). The van der Waals surface area contributed by atoms with E-state index in [0.29, 0.717) is 18.1 Å². The highest BCUT2D eigenvalue weighted by molar-refractivity contribution is 7.99. The zero-order valence-corrected chi connectivity index (χ0v) is 19.3. The van der Waals surface area contributed by atoms with Gasteiger partial charge in [-0.25, -0.2) is 4.98 Å². The van der Waals surface area contributed by atoms with Gasteiger partial charge in [0.25, 0.3) is 0 Å². The van der Waals surface area contributed by atoms with Crippen LogP contribution in [-0.4, -0.2) is 22.9 Å². The van der Waals surface area contributed by atoms with Gasteiger partial charge in [-0.2, -0.15) is 0 Å². The number of fused-ring (bicyclic) bond motifs is 1. The van der Waals surface area contributed by atoms with Crippen molar-refractivity contribution in [2.24, 2.45) is 0 Å². The minimum absolute atomic E-state index is 0.0511. The lowest BCUT2D eigenvalue weighted by molar-refractivity contribution is -0.118. The molecular formula is C23H22N2O2S3. The van der Waals surface area contributed by atoms with E-state index in [0.717, 1.165) is 21.7 Å². The second-order valence-corrected chi connectivity index (χ2v) is 9.86. The Morgan fingerprint density at radius 3 is 2.67 bits per heavy atom. The molecule has 0 aliphatic carbocycles. The summed E-state index contributed by atoms with van der Waals surface area (Å²) in [6, 6.07) is 18.3. The molecule has 4 aromatic rings. The topological polar surface area (TPSA) is 46.3 Å². The molecule has 0 N–H and O–H groups in total. The van der Waals surface area contributed by atoms with Crippen LogP contribution in [0.1, 0.15) is 17.7 Å². The molecule has 2 aromatic carbocycles. The Bertz CT molecular complexity index is 1120. The fraction of sp³-hybridized carbons (Fsp3) is 0.217. The maximum absolute atomic E-state index is 13.1. The molecule has 0 aliphatic heterocycles. The van der Waals surface area contributed by atoms with Gasteiger partial charge in [0.1, 0.15) is 5.76 Å². The van der Waals surface area contributed by atoms with Crippen LogP contribution in [0.5, 0.6) is 0 Å². The van der Waals surface area contributed by atoms with Crippen LogP contribution in [0.4, 0.5) is 5.13 Å². The highest BCUT2D eigenvalue weighted by atomic mass is 32.2. The molecule has 1 amide bonds. The van der Waals surface area contributed by atoms with E-state index in [1.165, 1.54) is 15.4 Å². The highest BCUT2D eigenvalue weighted by Gasteiger charge is 2.21. The Kier molecular flexibility index (Phi) is 6.82. The monoisotopic (exact) mass is 454 g/mol. The zero-order chi connectivity index (χ0) is 20.9. The standard InChI is InChI=1S/C23H22N2O2S3/c1-16-5-7-18(8-6-16)29-13-11-22(26)25(15-17-4-3-12-27-17)23-24-20-10-9-19(28-2)14-21(20)30-23/h3-10,12,14H,11,13,15H2,1-2H3. The number of thioether (sulfide) groups is 2. The third-order valence-corrected chi connectivity index (χ3v) is 7.40. The second-order valence-electron chi connectivity index (χ2n) is 6.80. The van der Waals surface area contributed by atoms with Gasteiger partial charge in [-0.05, 0) is 55.6 Å². The van der Waals surface area contributed by atoms with Gasteiger partial charge in [-0.15, -0.1) is 23.5 Å². The van der Waals surface area contributed by atoms with Gasteiger partial charge in [-0.1, -0.05) is 29.0 Å². The number of rotatable bonds is 8. The van der Waals surface area contributed by atoms with E-state index >= 15 is 0 Å². The Hall–Kier alpha value is -2.22. The summed E-state index contributed by atoms with van der Waals surface area (Å²) in [5.41, 5.74) is 2.15. The minimum Gasteiger partial charge on any atom is -0.467 e. The number of amides is 1. The molecule has 2 heterocycles. The number of thiazole rings is 1. The van der Waals surface area contributed by atoms with Gasteiger partial charge in [0.2, 0.25) is 5.91 Å². The Balaban J connectivity index is 1.51. The summed E-state index contributed by atoms with van der Waals surface area (Å²) in [4.78, 5) is 22.0. The molecule has 4 nitrogen and oxygen atoms in total. The predicted molar refractivity (Wildman–Crippen MR) is 128 cm³/mol. The number of nitrogens with zero attached hydrogens (tertiary/aromatic N) is 2. The average molecular weight is 455 g/mol. The maximum atomic E-state index is 13.1.